The highest BCUT2D eigenvalue weighted by Gasteiger charge is 2.19. The molecule has 0 aromatic heterocycles. The van der Waals surface area contributed by atoms with E-state index in [9.17, 15) is 9.59 Å². The van der Waals surface area contributed by atoms with Gasteiger partial charge in [-0.2, -0.15) is 11.8 Å². The van der Waals surface area contributed by atoms with E-state index < -0.39 is 0 Å². The number of thioether (sulfide) groups is 1. The van der Waals surface area contributed by atoms with Gasteiger partial charge in [-0.05, 0) is 24.6 Å². The summed E-state index contributed by atoms with van der Waals surface area (Å²) in [6, 6.07) is 5.11. The number of nitrogens with one attached hydrogen (secondary N) is 2. The molecule has 1 fully saturated rings. The summed E-state index contributed by atoms with van der Waals surface area (Å²) in [5, 5.41) is 5.42. The van der Waals surface area contributed by atoms with Gasteiger partial charge in [-0.1, -0.05) is 12.1 Å². The molecule has 118 valence electrons. The van der Waals surface area contributed by atoms with E-state index in [0.29, 0.717) is 17.8 Å². The van der Waals surface area contributed by atoms with Crippen LogP contribution in [-0.2, 0) is 0 Å². The Balaban J connectivity index is 2.10. The van der Waals surface area contributed by atoms with Crippen LogP contribution in [0.5, 0.6) is 0 Å². The van der Waals surface area contributed by atoms with E-state index in [2.05, 4.69) is 17.2 Å². The summed E-state index contributed by atoms with van der Waals surface area (Å²) in [6.45, 7) is 7.40. The molecule has 6 heteroatoms. The van der Waals surface area contributed by atoms with Crippen molar-refractivity contribution >= 4 is 29.4 Å². The van der Waals surface area contributed by atoms with E-state index in [1.807, 2.05) is 35.7 Å². The van der Waals surface area contributed by atoms with Crippen LogP contribution in [-0.4, -0.2) is 48.0 Å². The molecule has 22 heavy (non-hydrogen) atoms. The van der Waals surface area contributed by atoms with Gasteiger partial charge >= 0.3 is 6.03 Å². The van der Waals surface area contributed by atoms with Crippen molar-refractivity contribution in [2.75, 3.05) is 36.5 Å². The first-order valence-electron chi connectivity index (χ1n) is 7.25. The predicted molar refractivity (Wildman–Crippen MR) is 91.6 cm³/mol. The van der Waals surface area contributed by atoms with Crippen LogP contribution in [0.2, 0.25) is 0 Å². The van der Waals surface area contributed by atoms with Crippen molar-refractivity contribution in [3.05, 3.63) is 42.0 Å². The van der Waals surface area contributed by atoms with Crippen molar-refractivity contribution in [1.29, 1.82) is 0 Å². The second kappa shape index (κ2) is 7.89. The number of nitrogens with zero attached hydrogens (tertiary/aromatic N) is 1. The molecule has 1 saturated heterocycles. The molecule has 1 aromatic rings. The molecule has 1 aliphatic rings. The van der Waals surface area contributed by atoms with Gasteiger partial charge in [-0.15, -0.1) is 6.58 Å². The normalized spacial score (nSPS) is 14.3. The van der Waals surface area contributed by atoms with E-state index >= 15 is 0 Å². The standard InChI is InChI=1S/C16H21N3O2S/c1-3-6-17-16(21)18-14-11-13(5-4-12(14)2)15(20)19-7-9-22-10-8-19/h3-5,11H,1,6-10H2,2H3,(H2,17,18,21). The number of hydrogen-bond donors (Lipinski definition) is 2. The number of carbonyl (C=O) groups is 2. The largest absolute Gasteiger partial charge is 0.337 e. The van der Waals surface area contributed by atoms with Crippen LogP contribution in [0.4, 0.5) is 10.5 Å². The molecule has 0 radical (unpaired) electrons. The van der Waals surface area contributed by atoms with Crippen LogP contribution >= 0.6 is 11.8 Å². The van der Waals surface area contributed by atoms with E-state index in [-0.39, 0.29) is 11.9 Å². The lowest BCUT2D eigenvalue weighted by Gasteiger charge is -2.26. The SMILES string of the molecule is C=CCNC(=O)Nc1cc(C(=O)N2CCSCC2)ccc1C. The smallest absolute Gasteiger partial charge is 0.319 e. The van der Waals surface area contributed by atoms with Crippen molar-refractivity contribution in [3.8, 4) is 0 Å². The molecule has 1 aromatic carbocycles. The highest BCUT2D eigenvalue weighted by atomic mass is 32.2. The molecule has 0 aliphatic carbocycles. The van der Waals surface area contributed by atoms with Gasteiger partial charge in [0.05, 0.1) is 0 Å². The Bertz CT molecular complexity index is 569. The fourth-order valence-corrected chi connectivity index (χ4v) is 3.07. The van der Waals surface area contributed by atoms with Crippen molar-refractivity contribution in [2.45, 2.75) is 6.92 Å². The summed E-state index contributed by atoms with van der Waals surface area (Å²) in [5.41, 5.74) is 2.18. The van der Waals surface area contributed by atoms with Crippen molar-refractivity contribution in [2.24, 2.45) is 0 Å². The summed E-state index contributed by atoms with van der Waals surface area (Å²) < 4.78 is 0. The topological polar surface area (TPSA) is 61.4 Å². The molecule has 1 heterocycles. The summed E-state index contributed by atoms with van der Waals surface area (Å²) in [4.78, 5) is 26.1. The lowest BCUT2D eigenvalue weighted by atomic mass is 10.1. The maximum Gasteiger partial charge on any atom is 0.319 e. The Morgan fingerprint density at radius 2 is 2.09 bits per heavy atom. The fraction of sp³-hybridized carbons (Fsp3) is 0.375. The number of anilines is 1. The zero-order chi connectivity index (χ0) is 15.9. The Morgan fingerprint density at radius 3 is 2.77 bits per heavy atom. The monoisotopic (exact) mass is 319 g/mol. The molecule has 5 nitrogen and oxygen atoms in total. The average molecular weight is 319 g/mol. The second-order valence-electron chi connectivity index (χ2n) is 5.06. The van der Waals surface area contributed by atoms with E-state index in [1.165, 1.54) is 0 Å². The average Bonchev–Trinajstić information content (AvgIpc) is 2.55. The summed E-state index contributed by atoms with van der Waals surface area (Å²) in [5.74, 6) is 1.98. The molecule has 1 aliphatic heterocycles. The van der Waals surface area contributed by atoms with Gasteiger partial charge in [0.15, 0.2) is 0 Å². The van der Waals surface area contributed by atoms with Gasteiger partial charge in [0.2, 0.25) is 0 Å². The second-order valence-corrected chi connectivity index (χ2v) is 6.28. The molecule has 0 atom stereocenters. The predicted octanol–water partition coefficient (Wildman–Crippen LogP) is 2.49. The number of urea groups is 1. The summed E-state index contributed by atoms with van der Waals surface area (Å²) >= 11 is 1.87. The quantitative estimate of drug-likeness (QED) is 0.838. The van der Waals surface area contributed by atoms with Crippen LogP contribution in [0.15, 0.2) is 30.9 Å². The minimum absolute atomic E-state index is 0.0230. The Labute approximate surface area is 135 Å². The van der Waals surface area contributed by atoms with E-state index in [0.717, 1.165) is 30.2 Å². The maximum absolute atomic E-state index is 12.5. The lowest BCUT2D eigenvalue weighted by molar-refractivity contribution is 0.0772. The summed E-state index contributed by atoms with van der Waals surface area (Å²) in [6.07, 6.45) is 1.61. The Morgan fingerprint density at radius 1 is 1.36 bits per heavy atom. The zero-order valence-electron chi connectivity index (χ0n) is 12.7. The van der Waals surface area contributed by atoms with Crippen LogP contribution in [0.3, 0.4) is 0 Å². The van der Waals surface area contributed by atoms with Gasteiger partial charge in [0, 0.05) is 42.4 Å². The number of carbonyl (C=O) groups excluding carboxylic acids is 2. The summed E-state index contributed by atoms with van der Waals surface area (Å²) in [7, 11) is 0. The molecule has 0 saturated carbocycles. The van der Waals surface area contributed by atoms with Crippen LogP contribution in [0, 0.1) is 6.92 Å². The molecular formula is C16H21N3O2S. The lowest BCUT2D eigenvalue weighted by Crippen LogP contribution is -2.38. The third-order valence-electron chi connectivity index (χ3n) is 3.44. The molecule has 0 unspecified atom stereocenters. The van der Waals surface area contributed by atoms with E-state index in [1.54, 1.807) is 12.1 Å². The number of benzene rings is 1. The van der Waals surface area contributed by atoms with Crippen LogP contribution in [0.1, 0.15) is 15.9 Å². The zero-order valence-corrected chi connectivity index (χ0v) is 13.5. The minimum Gasteiger partial charge on any atom is -0.337 e. The fourth-order valence-electron chi connectivity index (χ4n) is 2.17. The number of rotatable bonds is 4. The van der Waals surface area contributed by atoms with Crippen LogP contribution in [0.25, 0.3) is 0 Å². The molecule has 2 rings (SSSR count). The van der Waals surface area contributed by atoms with Gasteiger partial charge in [-0.3, -0.25) is 4.79 Å². The highest BCUT2D eigenvalue weighted by molar-refractivity contribution is 7.99. The molecular weight excluding hydrogens is 298 g/mol. The van der Waals surface area contributed by atoms with Gasteiger partial charge in [-0.25, -0.2) is 4.79 Å². The third-order valence-corrected chi connectivity index (χ3v) is 4.38. The number of amides is 3. The van der Waals surface area contributed by atoms with Gasteiger partial charge in [0.1, 0.15) is 0 Å². The van der Waals surface area contributed by atoms with E-state index in [4.69, 9.17) is 0 Å². The Kier molecular flexibility index (Phi) is 5.89. The molecule has 0 bridgehead atoms. The number of hydrogen-bond acceptors (Lipinski definition) is 3. The Hall–Kier alpha value is -1.95. The highest BCUT2D eigenvalue weighted by Crippen LogP contribution is 2.19. The first kappa shape index (κ1) is 16.4. The molecule has 2 N–H and O–H groups in total. The first-order valence-corrected chi connectivity index (χ1v) is 8.40. The molecule has 0 spiro atoms. The van der Waals surface area contributed by atoms with Gasteiger partial charge < -0.3 is 15.5 Å². The van der Waals surface area contributed by atoms with Crippen molar-refractivity contribution in [1.82, 2.24) is 10.2 Å². The minimum atomic E-state index is -0.304. The van der Waals surface area contributed by atoms with Gasteiger partial charge in [0.25, 0.3) is 5.91 Å². The number of aryl methyl sites for hydroxylation is 1. The maximum atomic E-state index is 12.5. The first-order chi connectivity index (χ1) is 10.6. The van der Waals surface area contributed by atoms with Crippen LogP contribution < -0.4 is 10.6 Å². The van der Waals surface area contributed by atoms with Crippen molar-refractivity contribution < 1.29 is 9.59 Å². The molecule has 3 amide bonds. The third kappa shape index (κ3) is 4.27. The van der Waals surface area contributed by atoms with Crippen molar-refractivity contribution in [3.63, 3.8) is 0 Å².